The van der Waals surface area contributed by atoms with Crippen LogP contribution in [0.1, 0.15) is 258 Å². The zero-order valence-electron chi connectivity index (χ0n) is 52.6. The average Bonchev–Trinajstić information content (AvgIpc) is 3.64. The molecule has 3 heterocycles. The van der Waals surface area contributed by atoms with Gasteiger partial charge in [0, 0.05) is 6.42 Å². The molecule has 12 N–H and O–H groups in total. The number of hydrogen-bond donors (Lipinski definition) is 12. The van der Waals surface area contributed by atoms with E-state index in [0.29, 0.717) is 6.42 Å². The summed E-state index contributed by atoms with van der Waals surface area (Å²) in [5, 5.41) is 120. The van der Waals surface area contributed by atoms with Gasteiger partial charge in [-0.3, -0.25) is 4.79 Å². The summed E-state index contributed by atoms with van der Waals surface area (Å²) in [4.78, 5) is 13.4. The number of rotatable bonds is 52. The Balaban J connectivity index is 1.45. The van der Waals surface area contributed by atoms with E-state index in [4.69, 9.17) is 28.4 Å². The van der Waals surface area contributed by atoms with Crippen molar-refractivity contribution in [3.05, 3.63) is 24.3 Å². The van der Waals surface area contributed by atoms with Gasteiger partial charge in [-0.1, -0.05) is 231 Å². The molecule has 1 amide bonds. The fourth-order valence-electron chi connectivity index (χ4n) is 11.7. The number of hydrogen-bond acceptors (Lipinski definition) is 18. The van der Waals surface area contributed by atoms with Gasteiger partial charge in [-0.2, -0.15) is 0 Å². The van der Waals surface area contributed by atoms with Crippen LogP contribution in [0, 0.1) is 0 Å². The van der Waals surface area contributed by atoms with E-state index < -0.39 is 124 Å². The Labute approximate surface area is 511 Å². The molecule has 19 nitrogen and oxygen atoms in total. The molecular formula is C66H123NO18. The molecule has 3 fully saturated rings. The Kier molecular flexibility index (Phi) is 44.7. The van der Waals surface area contributed by atoms with Crippen molar-refractivity contribution in [1.82, 2.24) is 5.32 Å². The molecule has 0 aliphatic carbocycles. The fourth-order valence-corrected chi connectivity index (χ4v) is 11.7. The Morgan fingerprint density at radius 2 is 0.741 bits per heavy atom. The maximum atomic E-state index is 13.4. The highest BCUT2D eigenvalue weighted by molar-refractivity contribution is 5.76. The lowest BCUT2D eigenvalue weighted by Crippen LogP contribution is -2.66. The summed E-state index contributed by atoms with van der Waals surface area (Å²) >= 11 is 0. The van der Waals surface area contributed by atoms with Crippen molar-refractivity contribution in [3.8, 4) is 0 Å². The van der Waals surface area contributed by atoms with Crippen LogP contribution in [-0.4, -0.2) is 193 Å². The largest absolute Gasteiger partial charge is 0.394 e. The maximum absolute atomic E-state index is 13.4. The second-order valence-electron chi connectivity index (χ2n) is 24.6. The molecule has 19 heteroatoms. The van der Waals surface area contributed by atoms with Gasteiger partial charge in [-0.25, -0.2) is 0 Å². The zero-order valence-corrected chi connectivity index (χ0v) is 52.6. The quantitative estimate of drug-likeness (QED) is 0.0201. The molecule has 0 aromatic rings. The van der Waals surface area contributed by atoms with Gasteiger partial charge < -0.3 is 89.9 Å². The lowest BCUT2D eigenvalue weighted by atomic mass is 9.96. The van der Waals surface area contributed by atoms with Gasteiger partial charge in [-0.15, -0.1) is 0 Å². The van der Waals surface area contributed by atoms with Crippen molar-refractivity contribution in [2.45, 2.75) is 362 Å². The van der Waals surface area contributed by atoms with Crippen molar-refractivity contribution in [3.63, 3.8) is 0 Å². The number of nitrogens with one attached hydrogen (secondary N) is 1. The first-order valence-electron chi connectivity index (χ1n) is 34.1. The summed E-state index contributed by atoms with van der Waals surface area (Å²) in [6, 6.07) is -0.971. The van der Waals surface area contributed by atoms with E-state index in [1.807, 2.05) is 6.08 Å². The van der Waals surface area contributed by atoms with Gasteiger partial charge >= 0.3 is 0 Å². The Hall–Kier alpha value is -1.73. The lowest BCUT2D eigenvalue weighted by Gasteiger charge is -2.48. The standard InChI is InChI=1S/C66H123NO18/c1-3-5-7-9-11-13-15-17-19-21-22-23-24-25-26-28-30-32-34-36-38-40-42-44-54(72)67-49(50(71)43-41-39-37-35-33-31-29-27-20-18-16-14-12-10-8-6-4-2)48-80-64-60(78)57(75)62(52(46-69)82-64)85-66-61(79)58(76)63(53(47-70)83-66)84-65-59(77)56(74)55(73)51(45-68)81-65/h21-22,41,43,49-53,55-66,68-71,73-79H,3-20,23-40,42,44-48H2,1-2H3,(H,67,72)/b22-21-,43-41+. The van der Waals surface area contributed by atoms with Gasteiger partial charge in [0.15, 0.2) is 18.9 Å². The summed E-state index contributed by atoms with van der Waals surface area (Å²) < 4.78 is 34.3. The molecule has 0 radical (unpaired) electrons. The summed E-state index contributed by atoms with van der Waals surface area (Å²) in [6.45, 7) is 1.75. The number of allylic oxidation sites excluding steroid dienone is 3. The number of carbonyl (C=O) groups excluding carboxylic acids is 1. The van der Waals surface area contributed by atoms with E-state index in [1.54, 1.807) is 6.08 Å². The van der Waals surface area contributed by atoms with Gasteiger partial charge in [-0.05, 0) is 44.9 Å². The Morgan fingerprint density at radius 3 is 1.14 bits per heavy atom. The predicted octanol–water partition coefficient (Wildman–Crippen LogP) is 8.27. The number of aliphatic hydroxyl groups excluding tert-OH is 11. The SMILES string of the molecule is CCCCCCCCCC/C=C\CCCCCCCCCCCCCC(=O)NC(COC1OC(CO)C(OC2OC(CO)C(OC3OC(CO)C(O)C(O)C3O)C(O)C2O)C(O)C1O)C(O)/C=C/CCCCCCCCCCCCCCCCC. The normalized spacial score (nSPS) is 29.1. The molecule has 3 aliphatic rings. The molecule has 500 valence electrons. The average molecular weight is 1220 g/mol. The topological polar surface area (TPSA) is 307 Å². The number of unbranched alkanes of at least 4 members (excludes halogenated alkanes) is 34. The molecule has 3 rings (SSSR count). The summed E-state index contributed by atoms with van der Waals surface area (Å²) in [5.74, 6) is -0.274. The van der Waals surface area contributed by atoms with E-state index in [2.05, 4.69) is 31.3 Å². The van der Waals surface area contributed by atoms with Crippen LogP contribution in [-0.2, 0) is 33.2 Å². The van der Waals surface area contributed by atoms with E-state index in [-0.39, 0.29) is 18.9 Å². The van der Waals surface area contributed by atoms with Crippen LogP contribution in [0.4, 0.5) is 0 Å². The molecule has 17 unspecified atom stereocenters. The molecule has 0 aromatic carbocycles. The van der Waals surface area contributed by atoms with Crippen LogP contribution in [0.5, 0.6) is 0 Å². The van der Waals surface area contributed by atoms with Crippen LogP contribution in [0.15, 0.2) is 24.3 Å². The molecule has 0 aromatic heterocycles. The van der Waals surface area contributed by atoms with Gasteiger partial charge in [0.2, 0.25) is 5.91 Å². The highest BCUT2D eigenvalue weighted by Gasteiger charge is 2.53. The third-order valence-electron chi connectivity index (χ3n) is 17.2. The molecule has 17 atom stereocenters. The third-order valence-corrected chi connectivity index (χ3v) is 17.2. The minimum atomic E-state index is -1.98. The van der Waals surface area contributed by atoms with Crippen molar-refractivity contribution in [2.24, 2.45) is 0 Å². The van der Waals surface area contributed by atoms with E-state index in [1.165, 1.54) is 186 Å². The smallest absolute Gasteiger partial charge is 0.220 e. The Bertz CT molecular complexity index is 1640. The summed E-state index contributed by atoms with van der Waals surface area (Å²) in [7, 11) is 0. The first-order valence-corrected chi connectivity index (χ1v) is 34.1. The monoisotopic (exact) mass is 1220 g/mol. The number of aliphatic hydroxyl groups is 11. The molecule has 85 heavy (non-hydrogen) atoms. The molecule has 0 bridgehead atoms. The molecular weight excluding hydrogens is 1090 g/mol. The number of ether oxygens (including phenoxy) is 6. The van der Waals surface area contributed by atoms with Crippen LogP contribution >= 0.6 is 0 Å². The highest BCUT2D eigenvalue weighted by atomic mass is 16.8. The Morgan fingerprint density at radius 1 is 0.412 bits per heavy atom. The van der Waals surface area contributed by atoms with Crippen molar-refractivity contribution in [2.75, 3.05) is 26.4 Å². The van der Waals surface area contributed by atoms with Crippen molar-refractivity contribution in [1.29, 1.82) is 0 Å². The van der Waals surface area contributed by atoms with Crippen LogP contribution in [0.25, 0.3) is 0 Å². The van der Waals surface area contributed by atoms with Crippen molar-refractivity contribution >= 4 is 5.91 Å². The lowest BCUT2D eigenvalue weighted by molar-refractivity contribution is -0.379. The number of amides is 1. The second-order valence-corrected chi connectivity index (χ2v) is 24.6. The van der Waals surface area contributed by atoms with Gasteiger partial charge in [0.1, 0.15) is 73.2 Å². The zero-order chi connectivity index (χ0) is 61.9. The predicted molar refractivity (Wildman–Crippen MR) is 328 cm³/mol. The fraction of sp³-hybridized carbons (Fsp3) is 0.924. The van der Waals surface area contributed by atoms with E-state index >= 15 is 0 Å². The molecule has 3 aliphatic heterocycles. The van der Waals surface area contributed by atoms with Gasteiger partial charge in [0.25, 0.3) is 0 Å². The van der Waals surface area contributed by atoms with Crippen molar-refractivity contribution < 1.29 is 89.4 Å². The van der Waals surface area contributed by atoms with Crippen LogP contribution in [0.2, 0.25) is 0 Å². The summed E-state index contributed by atoms with van der Waals surface area (Å²) in [6.07, 6.45) is 27.2. The third kappa shape index (κ3) is 31.7. The minimum absolute atomic E-state index is 0.245. The maximum Gasteiger partial charge on any atom is 0.220 e. The highest BCUT2D eigenvalue weighted by Crippen LogP contribution is 2.33. The second kappa shape index (κ2) is 49.0. The van der Waals surface area contributed by atoms with E-state index in [0.717, 1.165) is 44.9 Å². The van der Waals surface area contributed by atoms with Crippen LogP contribution < -0.4 is 5.32 Å². The number of carbonyl (C=O) groups is 1. The first kappa shape index (κ1) is 77.5. The minimum Gasteiger partial charge on any atom is -0.394 e. The molecule has 0 saturated carbocycles. The first-order chi connectivity index (χ1) is 41.3. The van der Waals surface area contributed by atoms with Gasteiger partial charge in [0.05, 0.1) is 38.6 Å². The molecule has 0 spiro atoms. The van der Waals surface area contributed by atoms with E-state index in [9.17, 15) is 61.0 Å². The summed E-state index contributed by atoms with van der Waals surface area (Å²) in [5.41, 5.74) is 0. The van der Waals surface area contributed by atoms with Crippen LogP contribution in [0.3, 0.4) is 0 Å². The molecule has 3 saturated heterocycles.